The molecule has 0 saturated carbocycles. The van der Waals surface area contributed by atoms with Crippen LogP contribution >= 0.6 is 0 Å². The van der Waals surface area contributed by atoms with Gasteiger partial charge in [-0.25, -0.2) is 0 Å². The minimum absolute atomic E-state index is 0.0701. The maximum Gasteiger partial charge on any atom is 0.262 e. The number of carbonyl (C=O) groups is 1. The maximum atomic E-state index is 11.9. The summed E-state index contributed by atoms with van der Waals surface area (Å²) in [6, 6.07) is 14.1. The van der Waals surface area contributed by atoms with E-state index in [4.69, 9.17) is 4.74 Å². The second-order valence-electron chi connectivity index (χ2n) is 5.08. The van der Waals surface area contributed by atoms with Gasteiger partial charge in [-0.2, -0.15) is 0 Å². The predicted molar refractivity (Wildman–Crippen MR) is 82.8 cm³/mol. The first kappa shape index (κ1) is 14.9. The number of aromatic hydroxyl groups is 1. The monoisotopic (exact) mass is 285 g/mol. The molecular weight excluding hydrogens is 266 g/mol. The van der Waals surface area contributed by atoms with Gasteiger partial charge in [0.05, 0.1) is 0 Å². The molecule has 110 valence electrons. The minimum atomic E-state index is -0.265. The second-order valence-corrected chi connectivity index (χ2v) is 5.08. The molecule has 2 rings (SSSR count). The first-order valence-electron chi connectivity index (χ1n) is 6.87. The molecule has 0 aliphatic carbocycles. The van der Waals surface area contributed by atoms with Crippen molar-refractivity contribution in [2.45, 2.75) is 19.8 Å². The number of anilines is 1. The quantitative estimate of drug-likeness (QED) is 0.883. The molecule has 0 unspecified atom stereocenters. The maximum absolute atomic E-state index is 11.9. The highest BCUT2D eigenvalue weighted by Gasteiger charge is 2.09. The number of rotatable bonds is 5. The van der Waals surface area contributed by atoms with Crippen LogP contribution in [-0.2, 0) is 4.79 Å². The Kier molecular flexibility index (Phi) is 4.82. The van der Waals surface area contributed by atoms with E-state index in [2.05, 4.69) is 19.2 Å². The Morgan fingerprint density at radius 2 is 1.95 bits per heavy atom. The third-order valence-corrected chi connectivity index (χ3v) is 3.03. The van der Waals surface area contributed by atoms with Crippen LogP contribution in [0.2, 0.25) is 0 Å². The van der Waals surface area contributed by atoms with Gasteiger partial charge in [0.2, 0.25) is 0 Å². The van der Waals surface area contributed by atoms with E-state index >= 15 is 0 Å². The molecule has 0 radical (unpaired) electrons. The standard InChI is InChI=1S/C17H19NO3/c1-12(2)15-8-3-4-9-16(15)21-11-17(20)18-13-6-5-7-14(19)10-13/h3-10,12,19H,11H2,1-2H3,(H,18,20). The molecule has 0 saturated heterocycles. The number of carbonyl (C=O) groups excluding carboxylic acids is 1. The van der Waals surface area contributed by atoms with Crippen LogP contribution in [0.25, 0.3) is 0 Å². The zero-order chi connectivity index (χ0) is 15.2. The Bertz CT molecular complexity index is 623. The molecule has 2 N–H and O–H groups in total. The molecule has 0 atom stereocenters. The molecule has 2 aromatic carbocycles. The number of phenols is 1. The van der Waals surface area contributed by atoms with Crippen LogP contribution in [-0.4, -0.2) is 17.6 Å². The lowest BCUT2D eigenvalue weighted by molar-refractivity contribution is -0.118. The van der Waals surface area contributed by atoms with Gasteiger partial charge in [-0.05, 0) is 29.7 Å². The van der Waals surface area contributed by atoms with Crippen LogP contribution in [0.15, 0.2) is 48.5 Å². The first-order valence-corrected chi connectivity index (χ1v) is 6.87. The number of hydrogen-bond donors (Lipinski definition) is 2. The molecule has 0 heterocycles. The van der Waals surface area contributed by atoms with Crippen LogP contribution in [0.5, 0.6) is 11.5 Å². The normalized spacial score (nSPS) is 10.4. The van der Waals surface area contributed by atoms with Crippen molar-refractivity contribution in [3.05, 3.63) is 54.1 Å². The Balaban J connectivity index is 1.95. The van der Waals surface area contributed by atoms with E-state index < -0.39 is 0 Å². The summed E-state index contributed by atoms with van der Waals surface area (Å²) < 4.78 is 5.59. The molecule has 21 heavy (non-hydrogen) atoms. The lowest BCUT2D eigenvalue weighted by Crippen LogP contribution is -2.20. The van der Waals surface area contributed by atoms with E-state index in [1.165, 1.54) is 6.07 Å². The van der Waals surface area contributed by atoms with E-state index in [9.17, 15) is 9.90 Å². The summed E-state index contributed by atoms with van der Waals surface area (Å²) in [5.74, 6) is 0.895. The molecule has 1 amide bonds. The summed E-state index contributed by atoms with van der Waals surface area (Å²) in [5.41, 5.74) is 1.61. The van der Waals surface area contributed by atoms with E-state index in [1.54, 1.807) is 18.2 Å². The topological polar surface area (TPSA) is 58.6 Å². The third-order valence-electron chi connectivity index (χ3n) is 3.03. The van der Waals surface area contributed by atoms with Gasteiger partial charge in [-0.1, -0.05) is 38.1 Å². The van der Waals surface area contributed by atoms with Crippen molar-refractivity contribution in [3.8, 4) is 11.5 Å². The number of amides is 1. The molecule has 2 aromatic rings. The van der Waals surface area contributed by atoms with Gasteiger partial charge in [0.15, 0.2) is 6.61 Å². The van der Waals surface area contributed by atoms with Crippen LogP contribution in [0.4, 0.5) is 5.69 Å². The van der Waals surface area contributed by atoms with Crippen LogP contribution < -0.4 is 10.1 Å². The summed E-state index contributed by atoms with van der Waals surface area (Å²) in [5, 5.41) is 12.0. The van der Waals surface area contributed by atoms with Crippen molar-refractivity contribution < 1.29 is 14.6 Å². The largest absolute Gasteiger partial charge is 0.508 e. The van der Waals surface area contributed by atoms with Gasteiger partial charge in [0.1, 0.15) is 11.5 Å². The van der Waals surface area contributed by atoms with Crippen molar-refractivity contribution in [1.82, 2.24) is 0 Å². The summed E-state index contributed by atoms with van der Waals surface area (Å²) in [6.45, 7) is 4.09. The highest BCUT2D eigenvalue weighted by Crippen LogP contribution is 2.25. The lowest BCUT2D eigenvalue weighted by atomic mass is 10.0. The fraction of sp³-hybridized carbons (Fsp3) is 0.235. The van der Waals surface area contributed by atoms with Gasteiger partial charge in [-0.15, -0.1) is 0 Å². The zero-order valence-corrected chi connectivity index (χ0v) is 12.2. The first-order chi connectivity index (χ1) is 10.1. The second kappa shape index (κ2) is 6.79. The van der Waals surface area contributed by atoms with Gasteiger partial charge >= 0.3 is 0 Å². The molecule has 0 fully saturated rings. The molecular formula is C17H19NO3. The summed E-state index contributed by atoms with van der Waals surface area (Å²) in [7, 11) is 0. The Morgan fingerprint density at radius 1 is 1.19 bits per heavy atom. The highest BCUT2D eigenvalue weighted by atomic mass is 16.5. The smallest absolute Gasteiger partial charge is 0.262 e. The predicted octanol–water partition coefficient (Wildman–Crippen LogP) is 3.53. The van der Waals surface area contributed by atoms with Gasteiger partial charge in [-0.3, -0.25) is 4.79 Å². The number of hydrogen-bond acceptors (Lipinski definition) is 3. The average Bonchev–Trinajstić information content (AvgIpc) is 2.45. The highest BCUT2D eigenvalue weighted by molar-refractivity contribution is 5.92. The Hall–Kier alpha value is -2.49. The van der Waals surface area contributed by atoms with Gasteiger partial charge in [0.25, 0.3) is 5.91 Å². The van der Waals surface area contributed by atoms with Crippen molar-refractivity contribution in [3.63, 3.8) is 0 Å². The number of para-hydroxylation sites is 1. The minimum Gasteiger partial charge on any atom is -0.508 e. The SMILES string of the molecule is CC(C)c1ccccc1OCC(=O)Nc1cccc(O)c1. The molecule has 4 nitrogen and oxygen atoms in total. The Labute approximate surface area is 124 Å². The van der Waals surface area contributed by atoms with Crippen LogP contribution in [0.3, 0.4) is 0 Å². The molecule has 0 bridgehead atoms. The van der Waals surface area contributed by atoms with Crippen LogP contribution in [0, 0.1) is 0 Å². The lowest BCUT2D eigenvalue weighted by Gasteiger charge is -2.13. The third kappa shape index (κ3) is 4.24. The number of ether oxygens (including phenoxy) is 1. The summed E-state index contributed by atoms with van der Waals surface area (Å²) >= 11 is 0. The summed E-state index contributed by atoms with van der Waals surface area (Å²) in [4.78, 5) is 11.9. The van der Waals surface area contributed by atoms with Crippen LogP contribution in [0.1, 0.15) is 25.3 Å². The van der Waals surface area contributed by atoms with E-state index in [0.29, 0.717) is 11.6 Å². The average molecular weight is 285 g/mol. The Morgan fingerprint density at radius 3 is 2.67 bits per heavy atom. The molecule has 4 heteroatoms. The van der Waals surface area contributed by atoms with Gasteiger partial charge in [0, 0.05) is 11.8 Å². The molecule has 0 aliphatic heterocycles. The van der Waals surface area contributed by atoms with Crippen molar-refractivity contribution in [2.75, 3.05) is 11.9 Å². The van der Waals surface area contributed by atoms with Crippen molar-refractivity contribution in [1.29, 1.82) is 0 Å². The number of benzene rings is 2. The zero-order valence-electron chi connectivity index (χ0n) is 12.2. The summed E-state index contributed by atoms with van der Waals surface area (Å²) in [6.07, 6.45) is 0. The molecule has 0 aliphatic rings. The van der Waals surface area contributed by atoms with E-state index in [1.807, 2.05) is 24.3 Å². The fourth-order valence-electron chi connectivity index (χ4n) is 2.01. The fourth-order valence-corrected chi connectivity index (χ4v) is 2.01. The van der Waals surface area contributed by atoms with Crippen molar-refractivity contribution >= 4 is 11.6 Å². The number of nitrogens with one attached hydrogen (secondary N) is 1. The van der Waals surface area contributed by atoms with E-state index in [-0.39, 0.29) is 18.3 Å². The van der Waals surface area contributed by atoms with Crippen molar-refractivity contribution in [2.24, 2.45) is 0 Å². The van der Waals surface area contributed by atoms with E-state index in [0.717, 1.165) is 11.3 Å². The molecule has 0 aromatic heterocycles. The number of phenolic OH excluding ortho intramolecular Hbond substituents is 1. The molecule has 0 spiro atoms. The van der Waals surface area contributed by atoms with Gasteiger partial charge < -0.3 is 15.2 Å².